The van der Waals surface area contributed by atoms with Crippen molar-refractivity contribution in [2.24, 2.45) is 0 Å². The molecule has 0 radical (unpaired) electrons. The average Bonchev–Trinajstić information content (AvgIpc) is 2.26. The van der Waals surface area contributed by atoms with Crippen molar-refractivity contribution < 1.29 is 52.5 Å². The summed E-state index contributed by atoms with van der Waals surface area (Å²) in [6.07, 6.45) is 0. The van der Waals surface area contributed by atoms with Crippen molar-refractivity contribution in [2.75, 3.05) is 0 Å². The summed E-state index contributed by atoms with van der Waals surface area (Å²) in [6.45, 7) is 0. The fourth-order valence-corrected chi connectivity index (χ4v) is 1.09. The van der Waals surface area contributed by atoms with Gasteiger partial charge in [-0.1, -0.05) is 0 Å². The van der Waals surface area contributed by atoms with Crippen LogP contribution in [0.4, 0.5) is 0 Å². The molecule has 0 fully saturated rings. The van der Waals surface area contributed by atoms with Gasteiger partial charge in [0.1, 0.15) is 0 Å². The molecule has 0 unspecified atom stereocenters. The molecule has 0 saturated heterocycles. The Hall–Kier alpha value is -1.16. The third kappa shape index (κ3) is 1.26. The molecular weight excluding hydrogens is 352 g/mol. The van der Waals surface area contributed by atoms with Crippen LogP contribution in [0.25, 0.3) is 0 Å². The van der Waals surface area contributed by atoms with Crippen LogP contribution >= 0.6 is 0 Å². The van der Waals surface area contributed by atoms with Crippen molar-refractivity contribution in [1.29, 1.82) is 31.6 Å². The van der Waals surface area contributed by atoms with Crippen molar-refractivity contribution in [3.05, 3.63) is 0 Å². The van der Waals surface area contributed by atoms with Crippen LogP contribution in [-0.2, 0) is 10.7 Å². The maximum absolute atomic E-state index is 8.58. The molecule has 0 aliphatic carbocycles. The Kier molecular flexibility index (Phi) is 3.86. The van der Waals surface area contributed by atoms with E-state index >= 15 is 0 Å². The normalized spacial score (nSPS) is 12.4. The zero-order valence-electron chi connectivity index (χ0n) is 6.54. The van der Waals surface area contributed by atoms with Crippen molar-refractivity contribution in [3.8, 4) is 29.8 Å². The van der Waals surface area contributed by atoms with Crippen LogP contribution in [0.15, 0.2) is 0 Å². The summed E-state index contributed by atoms with van der Waals surface area (Å²) in [6, 6.07) is 0. The molecule has 0 aliphatic rings. The fraction of sp³-hybridized carbons (Fsp3) is 0. The molecule has 0 N–H and O–H groups in total. The number of hydrogen-bond donors (Lipinski definition) is 0. The molecule has 0 amide bonds. The summed E-state index contributed by atoms with van der Waals surface area (Å²) in [5.74, 6) is 0. The number of hydrogen-bond acceptors (Lipinski definition) is 6. The van der Waals surface area contributed by atoms with Gasteiger partial charge in [-0.15, -0.1) is 0 Å². The molecule has 0 rings (SSSR count). The Morgan fingerprint density at radius 3 is 0.643 bits per heavy atom. The Morgan fingerprint density at radius 2 is 0.643 bits per heavy atom. The van der Waals surface area contributed by atoms with Crippen molar-refractivity contribution in [3.63, 3.8) is 0 Å². The second kappa shape index (κ2) is 3.53. The Labute approximate surface area is 112 Å². The van der Waals surface area contributed by atoms with E-state index in [1.54, 1.807) is 0 Å². The number of nitrogens with zero attached hydrogens (tertiary/aromatic N) is 6. The van der Waals surface area contributed by atoms with Crippen LogP contribution in [0.5, 0.6) is 0 Å². The molecule has 0 aromatic rings. The molecule has 0 aliphatic heterocycles. The summed E-state index contributed by atoms with van der Waals surface area (Å²) in [7, 11) is -6.17. The third-order valence-electron chi connectivity index (χ3n) is 1.19. The van der Waals surface area contributed by atoms with Crippen LogP contribution in [0.3, 0.4) is 0 Å². The molecule has 8 heteroatoms. The van der Waals surface area contributed by atoms with E-state index in [9.17, 15) is 0 Å². The second-order valence-electron chi connectivity index (χ2n) is 1.80. The maximum atomic E-state index is 8.58. The standard InChI is InChI=1S/6CN.Ce.Fe/c6*1-2;;. The first kappa shape index (κ1) is 15.3. The van der Waals surface area contributed by atoms with Gasteiger partial charge in [-0.05, 0) is 0 Å². The second-order valence-corrected chi connectivity index (χ2v) is 7.42. The monoisotopic (exact) mass is 352 g/mol. The van der Waals surface area contributed by atoms with Crippen molar-refractivity contribution >= 4 is 0 Å². The topological polar surface area (TPSA) is 143 Å². The summed E-state index contributed by atoms with van der Waals surface area (Å²) >= 11 is 0. The van der Waals surface area contributed by atoms with Crippen LogP contribution in [-0.4, -0.2) is 0 Å². The van der Waals surface area contributed by atoms with Crippen molar-refractivity contribution in [2.45, 2.75) is 0 Å². The Bertz CT molecular complexity index is 392. The van der Waals surface area contributed by atoms with Gasteiger partial charge >= 0.3 is 72.1 Å². The summed E-state index contributed by atoms with van der Waals surface area (Å²) in [5.41, 5.74) is 0. The molecule has 0 bridgehead atoms. The molecule has 66 valence electrons. The third-order valence-corrected chi connectivity index (χ3v) is 4.89. The Balaban J connectivity index is 0. The smallest absolute Gasteiger partial charge is 0 e. The fourth-order valence-electron chi connectivity index (χ4n) is 0.265. The largest absolute Gasteiger partial charge is 0 e. The zero-order valence-corrected chi connectivity index (χ0v) is 10.8. The van der Waals surface area contributed by atoms with Gasteiger partial charge in [0.2, 0.25) is 0 Å². The zero-order chi connectivity index (χ0) is 10.7. The summed E-state index contributed by atoms with van der Waals surface area (Å²) < 4.78 is 0. The number of nitriles is 6. The van der Waals surface area contributed by atoms with E-state index in [1.165, 1.54) is 0 Å². The van der Waals surface area contributed by atoms with Crippen LogP contribution in [0.1, 0.15) is 0 Å². The minimum absolute atomic E-state index is 0. The molecule has 6 nitrogen and oxygen atoms in total. The molecule has 0 atom stereocenters. The quantitative estimate of drug-likeness (QED) is 0.566. The molecule has 14 heavy (non-hydrogen) atoms. The van der Waals surface area contributed by atoms with Gasteiger partial charge < -0.3 is 0 Å². The van der Waals surface area contributed by atoms with Crippen LogP contribution in [0.2, 0.25) is 0 Å². The molecule has 0 aromatic carbocycles. The van der Waals surface area contributed by atoms with E-state index in [4.69, 9.17) is 31.6 Å². The van der Waals surface area contributed by atoms with Gasteiger partial charge in [-0.3, -0.25) is 0 Å². The van der Waals surface area contributed by atoms with Crippen LogP contribution in [0, 0.1) is 103 Å². The van der Waals surface area contributed by atoms with E-state index in [0.29, 0.717) is 0 Å². The van der Waals surface area contributed by atoms with Gasteiger partial charge in [0.25, 0.3) is 0 Å². The predicted molar refractivity (Wildman–Crippen MR) is 33.7 cm³/mol. The molecule has 0 heterocycles. The predicted octanol–water partition coefficient (Wildman–Crippen LogP) is 0.0982. The van der Waals surface area contributed by atoms with E-state index < -0.39 is 10.7 Å². The average molecular weight is 352 g/mol. The Morgan fingerprint density at radius 1 is 0.500 bits per heavy atom. The maximum Gasteiger partial charge on any atom is 0 e. The van der Waals surface area contributed by atoms with Gasteiger partial charge in [0.15, 0.2) is 0 Å². The number of rotatable bonds is 0. The molecular formula is C6CeFeN6. The summed E-state index contributed by atoms with van der Waals surface area (Å²) in [4.78, 5) is 6.19. The molecule has 0 saturated carbocycles. The van der Waals surface area contributed by atoms with E-state index in [-0.39, 0.29) is 41.7 Å². The summed E-state index contributed by atoms with van der Waals surface area (Å²) in [5, 5.41) is 51.5. The minimum Gasteiger partial charge on any atom is 0 e. The first-order valence-corrected chi connectivity index (χ1v) is 5.71. The van der Waals surface area contributed by atoms with E-state index in [1.807, 2.05) is 0 Å². The van der Waals surface area contributed by atoms with Crippen molar-refractivity contribution in [1.82, 2.24) is 0 Å². The van der Waals surface area contributed by atoms with Gasteiger partial charge in [-0.25, -0.2) is 0 Å². The van der Waals surface area contributed by atoms with Gasteiger partial charge in [0.05, 0.1) is 0 Å². The SMILES string of the molecule is N#[C][Fe]([C]#N)([C]#N)([C]#N)([C]#N)[C]#N.[Ce]. The van der Waals surface area contributed by atoms with Gasteiger partial charge in [-0.2, -0.15) is 0 Å². The van der Waals surface area contributed by atoms with E-state index in [2.05, 4.69) is 0 Å². The first-order chi connectivity index (χ1) is 5.97. The van der Waals surface area contributed by atoms with E-state index in [0.717, 1.165) is 29.8 Å². The minimum atomic E-state index is -6.17. The molecule has 0 aromatic heterocycles. The van der Waals surface area contributed by atoms with Crippen LogP contribution < -0.4 is 0 Å². The molecule has 0 spiro atoms. The first-order valence-electron chi connectivity index (χ1n) is 2.40. The van der Waals surface area contributed by atoms with Gasteiger partial charge in [0, 0.05) is 41.7 Å².